The Morgan fingerprint density at radius 2 is 2.33 bits per heavy atom. The molecule has 0 aliphatic carbocycles. The van der Waals surface area contributed by atoms with E-state index >= 15 is 0 Å². The number of nitrogens with zero attached hydrogens (tertiary/aromatic N) is 2. The maximum Gasteiger partial charge on any atom is 0.328 e. The summed E-state index contributed by atoms with van der Waals surface area (Å²) in [7, 11) is -3.66. The number of carbonyl (C=O) groups is 1. The summed E-state index contributed by atoms with van der Waals surface area (Å²) in [5, 5.41) is 12.3. The van der Waals surface area contributed by atoms with E-state index in [2.05, 4.69) is 14.9 Å². The maximum absolute atomic E-state index is 11.9. The number of carboxylic acid groups (broad SMARTS) is 1. The quantitative estimate of drug-likeness (QED) is 0.769. The van der Waals surface area contributed by atoms with Crippen molar-refractivity contribution in [1.82, 2.24) is 10.1 Å². The van der Waals surface area contributed by atoms with E-state index in [4.69, 9.17) is 9.63 Å². The third-order valence-electron chi connectivity index (χ3n) is 2.17. The monoisotopic (exact) mass is 329 g/mol. The van der Waals surface area contributed by atoms with Gasteiger partial charge in [-0.2, -0.15) is 0 Å². The molecule has 0 radical (unpaired) electrons. The van der Waals surface area contributed by atoms with Gasteiger partial charge < -0.3 is 9.63 Å². The highest BCUT2D eigenvalue weighted by Gasteiger charge is 2.16. The van der Waals surface area contributed by atoms with Crippen LogP contribution in [0, 0.1) is 6.92 Å². The lowest BCUT2D eigenvalue weighted by Crippen LogP contribution is -2.15. The number of anilines is 1. The molecule has 2 rings (SSSR count). The van der Waals surface area contributed by atoms with Crippen molar-refractivity contribution in [3.05, 3.63) is 34.7 Å². The molecule has 0 saturated carbocycles. The number of carboxylic acids is 1. The molecule has 0 unspecified atom stereocenters. The molecule has 0 amide bonds. The Bertz CT molecular complexity index is 775. The van der Waals surface area contributed by atoms with Crippen molar-refractivity contribution in [3.63, 3.8) is 0 Å². The highest BCUT2D eigenvalue weighted by atomic mass is 32.2. The van der Waals surface area contributed by atoms with E-state index in [1.165, 1.54) is 18.3 Å². The topological polar surface area (TPSA) is 122 Å². The van der Waals surface area contributed by atoms with Crippen molar-refractivity contribution in [2.24, 2.45) is 0 Å². The molecule has 0 spiro atoms. The van der Waals surface area contributed by atoms with Crippen molar-refractivity contribution >= 4 is 38.5 Å². The Balaban J connectivity index is 2.05. The minimum atomic E-state index is -3.66. The van der Waals surface area contributed by atoms with Gasteiger partial charge >= 0.3 is 5.97 Å². The van der Waals surface area contributed by atoms with E-state index in [1.807, 2.05) is 0 Å². The Morgan fingerprint density at radius 1 is 1.57 bits per heavy atom. The zero-order valence-electron chi connectivity index (χ0n) is 10.8. The summed E-state index contributed by atoms with van der Waals surface area (Å²) < 4.78 is 30.9. The first kappa shape index (κ1) is 15.2. The Morgan fingerprint density at radius 3 is 2.95 bits per heavy atom. The Kier molecular flexibility index (Phi) is 4.38. The normalized spacial score (nSPS) is 11.9. The van der Waals surface area contributed by atoms with Crippen LogP contribution in [0.1, 0.15) is 16.3 Å². The maximum atomic E-state index is 11.9. The van der Waals surface area contributed by atoms with Gasteiger partial charge in [-0.25, -0.2) is 18.2 Å². The summed E-state index contributed by atoms with van der Waals surface area (Å²) in [6, 6.07) is 1.53. The highest BCUT2D eigenvalue weighted by molar-refractivity contribution is 7.92. The van der Waals surface area contributed by atoms with E-state index in [0.717, 1.165) is 17.4 Å². The summed E-state index contributed by atoms with van der Waals surface area (Å²) in [6.07, 6.45) is 3.66. The molecule has 0 aliphatic rings. The minimum Gasteiger partial charge on any atom is -0.478 e. The van der Waals surface area contributed by atoms with Crippen LogP contribution < -0.4 is 4.72 Å². The third kappa shape index (κ3) is 4.68. The van der Waals surface area contributed by atoms with Gasteiger partial charge in [0, 0.05) is 23.2 Å². The van der Waals surface area contributed by atoms with Gasteiger partial charge in [-0.1, -0.05) is 16.5 Å². The fourth-order valence-corrected chi connectivity index (χ4v) is 3.45. The van der Waals surface area contributed by atoms with Gasteiger partial charge in [0.2, 0.25) is 10.0 Å². The molecule has 112 valence electrons. The van der Waals surface area contributed by atoms with Gasteiger partial charge in [-0.05, 0) is 13.0 Å². The zero-order chi connectivity index (χ0) is 15.5. The summed E-state index contributed by atoms with van der Waals surface area (Å²) in [6.45, 7) is 1.67. The molecule has 0 fully saturated rings. The first-order valence-corrected chi connectivity index (χ1v) is 8.10. The molecule has 0 aromatic carbocycles. The van der Waals surface area contributed by atoms with Crippen molar-refractivity contribution in [3.8, 4) is 0 Å². The molecule has 10 heteroatoms. The van der Waals surface area contributed by atoms with Gasteiger partial charge in [-0.3, -0.25) is 4.72 Å². The van der Waals surface area contributed by atoms with Gasteiger partial charge in [0.15, 0.2) is 5.13 Å². The summed E-state index contributed by atoms with van der Waals surface area (Å²) >= 11 is 1.02. The van der Waals surface area contributed by atoms with Crippen molar-refractivity contribution in [2.45, 2.75) is 12.7 Å². The van der Waals surface area contributed by atoms with Gasteiger partial charge in [0.25, 0.3) is 0 Å². The molecule has 21 heavy (non-hydrogen) atoms. The second-order valence-electron chi connectivity index (χ2n) is 4.03. The number of thiazole rings is 1. The SMILES string of the molecule is Cc1cc(CS(=O)(=O)Nc2ncc(C=CC(=O)O)s2)no1. The molecule has 8 nitrogen and oxygen atoms in total. The van der Waals surface area contributed by atoms with Gasteiger partial charge in [0.1, 0.15) is 17.2 Å². The second kappa shape index (κ2) is 6.06. The number of aryl methyl sites for hydroxylation is 1. The molecule has 0 saturated heterocycles. The molecular weight excluding hydrogens is 318 g/mol. The number of hydrogen-bond acceptors (Lipinski definition) is 7. The lowest BCUT2D eigenvalue weighted by molar-refractivity contribution is -0.131. The van der Waals surface area contributed by atoms with E-state index in [1.54, 1.807) is 6.92 Å². The first-order chi connectivity index (χ1) is 9.84. The molecular formula is C11H11N3O5S2. The predicted octanol–water partition coefficient (Wildman–Crippen LogP) is 1.48. The summed E-state index contributed by atoms with van der Waals surface area (Å²) in [5.41, 5.74) is 0.294. The van der Waals surface area contributed by atoms with Gasteiger partial charge in [-0.15, -0.1) is 0 Å². The van der Waals surface area contributed by atoms with Crippen LogP contribution in [0.5, 0.6) is 0 Å². The Labute approximate surface area is 124 Å². The number of hydrogen-bond donors (Lipinski definition) is 2. The second-order valence-corrected chi connectivity index (χ2v) is 6.81. The number of rotatable bonds is 6. The molecule has 2 heterocycles. The number of aliphatic carboxylic acids is 1. The molecule has 0 aliphatic heterocycles. The average molecular weight is 329 g/mol. The van der Waals surface area contributed by atoms with Crippen LogP contribution >= 0.6 is 11.3 Å². The van der Waals surface area contributed by atoms with Gasteiger partial charge in [0.05, 0.1) is 0 Å². The lowest BCUT2D eigenvalue weighted by atomic mass is 10.4. The number of nitrogens with one attached hydrogen (secondary N) is 1. The van der Waals surface area contributed by atoms with E-state index < -0.39 is 16.0 Å². The van der Waals surface area contributed by atoms with E-state index in [-0.39, 0.29) is 10.9 Å². The van der Waals surface area contributed by atoms with Crippen LogP contribution in [-0.2, 0) is 20.6 Å². The lowest BCUT2D eigenvalue weighted by Gasteiger charge is -2.01. The standard InChI is InChI=1S/C11H11N3O5S2/c1-7-4-8(13-19-7)6-21(17,18)14-11-12-5-9(20-11)2-3-10(15)16/h2-5H,6H2,1H3,(H,12,14)(H,15,16). The predicted molar refractivity (Wildman–Crippen MR) is 76.3 cm³/mol. The first-order valence-electron chi connectivity index (χ1n) is 5.63. The highest BCUT2D eigenvalue weighted by Crippen LogP contribution is 2.21. The largest absolute Gasteiger partial charge is 0.478 e. The smallest absolute Gasteiger partial charge is 0.328 e. The number of aromatic nitrogens is 2. The third-order valence-corrected chi connectivity index (χ3v) is 4.36. The molecule has 0 bridgehead atoms. The van der Waals surface area contributed by atoms with Crippen molar-refractivity contribution in [2.75, 3.05) is 4.72 Å². The minimum absolute atomic E-state index is 0.153. The molecule has 0 atom stereocenters. The molecule has 2 aromatic rings. The van der Waals surface area contributed by atoms with Crippen LogP contribution in [-0.4, -0.2) is 29.6 Å². The summed E-state index contributed by atoms with van der Waals surface area (Å²) in [4.78, 5) is 14.8. The average Bonchev–Trinajstić information content (AvgIpc) is 2.95. The van der Waals surface area contributed by atoms with Crippen molar-refractivity contribution in [1.29, 1.82) is 0 Å². The van der Waals surface area contributed by atoms with Crippen LogP contribution in [0.2, 0.25) is 0 Å². The summed E-state index contributed by atoms with van der Waals surface area (Å²) in [5.74, 6) is -0.896. The van der Waals surface area contributed by atoms with Crippen LogP contribution in [0.3, 0.4) is 0 Å². The zero-order valence-corrected chi connectivity index (χ0v) is 12.4. The fraction of sp³-hybridized carbons (Fsp3) is 0.182. The van der Waals surface area contributed by atoms with Crippen LogP contribution in [0.15, 0.2) is 22.9 Å². The number of sulfonamides is 1. The van der Waals surface area contributed by atoms with Crippen molar-refractivity contribution < 1.29 is 22.8 Å². The Hall–Kier alpha value is -2.20. The van der Waals surface area contributed by atoms with Crippen LogP contribution in [0.4, 0.5) is 5.13 Å². The molecule has 2 N–H and O–H groups in total. The van der Waals surface area contributed by atoms with E-state index in [0.29, 0.717) is 16.3 Å². The van der Waals surface area contributed by atoms with E-state index in [9.17, 15) is 13.2 Å². The van der Waals surface area contributed by atoms with Crippen LogP contribution in [0.25, 0.3) is 6.08 Å². The molecule has 2 aromatic heterocycles. The fourth-order valence-electron chi connectivity index (χ4n) is 1.41.